The standard InChI is InChI=1S/C14H17ClN2O2S/c1-18-11-4-3-9(12(15)13(11)19-2)7-10(8-16)14-17-5-6-20-14/h3-6,10H,7-8,16H2,1-2H3. The van der Waals surface area contributed by atoms with Crippen LogP contribution in [-0.2, 0) is 6.42 Å². The molecule has 1 aromatic heterocycles. The van der Waals surface area contributed by atoms with E-state index < -0.39 is 0 Å². The van der Waals surface area contributed by atoms with Crippen LogP contribution in [0.5, 0.6) is 11.5 Å². The Hall–Kier alpha value is -1.30. The van der Waals surface area contributed by atoms with Gasteiger partial charge in [-0.3, -0.25) is 0 Å². The van der Waals surface area contributed by atoms with Crippen LogP contribution in [0.2, 0.25) is 5.02 Å². The summed E-state index contributed by atoms with van der Waals surface area (Å²) in [7, 11) is 3.17. The van der Waals surface area contributed by atoms with Crippen LogP contribution in [0.15, 0.2) is 23.7 Å². The number of methoxy groups -OCH3 is 2. The summed E-state index contributed by atoms with van der Waals surface area (Å²) in [6.07, 6.45) is 2.52. The molecule has 1 atom stereocenters. The maximum absolute atomic E-state index is 6.39. The Morgan fingerprint density at radius 1 is 1.35 bits per heavy atom. The van der Waals surface area contributed by atoms with Gasteiger partial charge in [-0.25, -0.2) is 4.98 Å². The Morgan fingerprint density at radius 3 is 2.70 bits per heavy atom. The van der Waals surface area contributed by atoms with Crippen molar-refractivity contribution in [3.05, 3.63) is 39.3 Å². The number of nitrogens with zero attached hydrogens (tertiary/aromatic N) is 1. The minimum Gasteiger partial charge on any atom is -0.493 e. The minimum atomic E-state index is 0.158. The van der Waals surface area contributed by atoms with E-state index in [9.17, 15) is 0 Å². The van der Waals surface area contributed by atoms with Gasteiger partial charge in [0.25, 0.3) is 0 Å². The van der Waals surface area contributed by atoms with E-state index in [-0.39, 0.29) is 5.92 Å². The van der Waals surface area contributed by atoms with Crippen LogP contribution in [0.4, 0.5) is 0 Å². The van der Waals surface area contributed by atoms with Crippen molar-refractivity contribution in [2.45, 2.75) is 12.3 Å². The van der Waals surface area contributed by atoms with Gasteiger partial charge in [-0.05, 0) is 18.1 Å². The van der Waals surface area contributed by atoms with Gasteiger partial charge in [-0.1, -0.05) is 17.7 Å². The summed E-state index contributed by atoms with van der Waals surface area (Å²) < 4.78 is 10.5. The van der Waals surface area contributed by atoms with Crippen molar-refractivity contribution in [3.8, 4) is 11.5 Å². The van der Waals surface area contributed by atoms with Gasteiger partial charge in [0.05, 0.1) is 24.2 Å². The third-order valence-corrected chi connectivity index (χ3v) is 4.47. The summed E-state index contributed by atoms with van der Waals surface area (Å²) in [4.78, 5) is 4.33. The molecule has 6 heteroatoms. The van der Waals surface area contributed by atoms with E-state index in [2.05, 4.69) is 4.98 Å². The van der Waals surface area contributed by atoms with Crippen LogP contribution in [-0.4, -0.2) is 25.7 Å². The van der Waals surface area contributed by atoms with Crippen LogP contribution in [0.3, 0.4) is 0 Å². The van der Waals surface area contributed by atoms with E-state index in [4.69, 9.17) is 26.8 Å². The lowest BCUT2D eigenvalue weighted by Gasteiger charge is -2.16. The number of hydrogen-bond donors (Lipinski definition) is 1. The van der Waals surface area contributed by atoms with E-state index in [0.29, 0.717) is 23.1 Å². The molecule has 2 N–H and O–H groups in total. The lowest BCUT2D eigenvalue weighted by atomic mass is 9.99. The molecule has 0 amide bonds. The van der Waals surface area contributed by atoms with Crippen LogP contribution in [0, 0.1) is 0 Å². The predicted molar refractivity (Wildman–Crippen MR) is 82.2 cm³/mol. The number of hydrogen-bond acceptors (Lipinski definition) is 5. The van der Waals surface area contributed by atoms with Crippen molar-refractivity contribution in [3.63, 3.8) is 0 Å². The molecular weight excluding hydrogens is 296 g/mol. The van der Waals surface area contributed by atoms with Gasteiger partial charge in [-0.2, -0.15) is 0 Å². The molecule has 0 bridgehead atoms. The highest BCUT2D eigenvalue weighted by Gasteiger charge is 2.18. The van der Waals surface area contributed by atoms with E-state index in [1.54, 1.807) is 31.8 Å². The molecule has 1 unspecified atom stereocenters. The zero-order valence-corrected chi connectivity index (χ0v) is 13.0. The monoisotopic (exact) mass is 312 g/mol. The Morgan fingerprint density at radius 2 is 2.15 bits per heavy atom. The molecule has 0 saturated heterocycles. The van der Waals surface area contributed by atoms with Crippen LogP contribution in [0.1, 0.15) is 16.5 Å². The molecule has 0 aliphatic heterocycles. The second-order valence-electron chi connectivity index (χ2n) is 4.28. The van der Waals surface area contributed by atoms with Gasteiger partial charge in [0.15, 0.2) is 11.5 Å². The number of halogens is 1. The minimum absolute atomic E-state index is 0.158. The Balaban J connectivity index is 2.29. The Bertz CT molecular complexity index is 561. The zero-order chi connectivity index (χ0) is 14.5. The predicted octanol–water partition coefficient (Wildman–Crippen LogP) is 3.10. The van der Waals surface area contributed by atoms with Gasteiger partial charge in [0.2, 0.25) is 0 Å². The molecule has 1 aromatic carbocycles. The van der Waals surface area contributed by atoms with E-state index >= 15 is 0 Å². The van der Waals surface area contributed by atoms with Crippen LogP contribution < -0.4 is 15.2 Å². The van der Waals surface area contributed by atoms with Gasteiger partial charge in [-0.15, -0.1) is 11.3 Å². The van der Waals surface area contributed by atoms with Crippen molar-refractivity contribution < 1.29 is 9.47 Å². The SMILES string of the molecule is COc1ccc(CC(CN)c2nccs2)c(Cl)c1OC. The molecule has 1 heterocycles. The van der Waals surface area contributed by atoms with E-state index in [1.807, 2.05) is 17.5 Å². The largest absolute Gasteiger partial charge is 0.493 e. The Labute approximate surface area is 127 Å². The lowest BCUT2D eigenvalue weighted by molar-refractivity contribution is 0.354. The fourth-order valence-electron chi connectivity index (χ4n) is 2.06. The average Bonchev–Trinajstić information content (AvgIpc) is 2.99. The first-order valence-electron chi connectivity index (χ1n) is 6.20. The number of rotatable bonds is 6. The smallest absolute Gasteiger partial charge is 0.179 e. The fourth-order valence-corrected chi connectivity index (χ4v) is 3.13. The van der Waals surface area contributed by atoms with Gasteiger partial charge >= 0.3 is 0 Å². The maximum atomic E-state index is 6.39. The quantitative estimate of drug-likeness (QED) is 0.890. The maximum Gasteiger partial charge on any atom is 0.179 e. The van der Waals surface area contributed by atoms with Crippen molar-refractivity contribution in [1.82, 2.24) is 4.98 Å². The third kappa shape index (κ3) is 3.06. The van der Waals surface area contributed by atoms with Gasteiger partial charge in [0.1, 0.15) is 0 Å². The van der Waals surface area contributed by atoms with Gasteiger partial charge < -0.3 is 15.2 Å². The highest BCUT2D eigenvalue weighted by Crippen LogP contribution is 2.39. The van der Waals surface area contributed by atoms with Crippen LogP contribution >= 0.6 is 22.9 Å². The Kier molecular flexibility index (Phi) is 5.23. The first-order valence-corrected chi connectivity index (χ1v) is 7.45. The topological polar surface area (TPSA) is 57.4 Å². The molecule has 0 fully saturated rings. The number of thiazole rings is 1. The summed E-state index contributed by atoms with van der Waals surface area (Å²) in [5.41, 5.74) is 6.84. The molecule has 2 aromatic rings. The summed E-state index contributed by atoms with van der Waals surface area (Å²) in [5.74, 6) is 1.34. The molecular formula is C14H17ClN2O2S. The number of aromatic nitrogens is 1. The molecule has 2 rings (SSSR count). The number of ether oxygens (including phenoxy) is 2. The normalized spacial score (nSPS) is 12.2. The summed E-state index contributed by atoms with van der Waals surface area (Å²) in [6.45, 7) is 0.526. The first-order chi connectivity index (χ1) is 9.71. The highest BCUT2D eigenvalue weighted by molar-refractivity contribution is 7.09. The molecule has 0 saturated carbocycles. The van der Waals surface area contributed by atoms with E-state index in [0.717, 1.165) is 17.0 Å². The third-order valence-electron chi connectivity index (χ3n) is 3.12. The van der Waals surface area contributed by atoms with Crippen molar-refractivity contribution in [2.24, 2.45) is 5.73 Å². The molecule has 0 aliphatic rings. The second kappa shape index (κ2) is 6.92. The van der Waals surface area contributed by atoms with Crippen molar-refractivity contribution >= 4 is 22.9 Å². The first kappa shape index (κ1) is 15.1. The fraction of sp³-hybridized carbons (Fsp3) is 0.357. The molecule has 4 nitrogen and oxygen atoms in total. The molecule has 0 aliphatic carbocycles. The highest BCUT2D eigenvalue weighted by atomic mass is 35.5. The molecule has 20 heavy (non-hydrogen) atoms. The summed E-state index contributed by atoms with van der Waals surface area (Å²) >= 11 is 8.00. The van der Waals surface area contributed by atoms with Crippen molar-refractivity contribution in [2.75, 3.05) is 20.8 Å². The molecule has 0 radical (unpaired) electrons. The second-order valence-corrected chi connectivity index (χ2v) is 5.59. The molecule has 108 valence electrons. The lowest BCUT2D eigenvalue weighted by Crippen LogP contribution is -2.15. The van der Waals surface area contributed by atoms with E-state index in [1.165, 1.54) is 0 Å². The summed E-state index contributed by atoms with van der Waals surface area (Å²) in [5, 5.41) is 3.55. The zero-order valence-electron chi connectivity index (χ0n) is 11.4. The average molecular weight is 313 g/mol. The number of benzene rings is 1. The molecule has 0 spiro atoms. The van der Waals surface area contributed by atoms with Crippen LogP contribution in [0.25, 0.3) is 0 Å². The summed E-state index contributed by atoms with van der Waals surface area (Å²) in [6, 6.07) is 3.80. The van der Waals surface area contributed by atoms with Crippen molar-refractivity contribution in [1.29, 1.82) is 0 Å². The number of nitrogens with two attached hydrogens (primary N) is 1. The van der Waals surface area contributed by atoms with Gasteiger partial charge in [0, 0.05) is 24.0 Å².